The van der Waals surface area contributed by atoms with Gasteiger partial charge in [0.15, 0.2) is 0 Å². The minimum Gasteiger partial charge on any atom is -0.481 e. The molecular formula is C21H36O5. The lowest BCUT2D eigenvalue weighted by atomic mass is 10.0. The van der Waals surface area contributed by atoms with Gasteiger partial charge in [-0.15, -0.1) is 0 Å². The number of rotatable bonds is 15. The second-order valence-corrected chi connectivity index (χ2v) is 6.67. The summed E-state index contributed by atoms with van der Waals surface area (Å²) in [6.07, 6.45) is 18.6. The van der Waals surface area contributed by atoms with Crippen LogP contribution in [0, 0.1) is 0 Å². The lowest BCUT2D eigenvalue weighted by Gasteiger charge is -2.02. The van der Waals surface area contributed by atoms with Crippen molar-refractivity contribution >= 4 is 11.9 Å². The van der Waals surface area contributed by atoms with Crippen molar-refractivity contribution in [1.29, 1.82) is 0 Å². The highest BCUT2D eigenvalue weighted by molar-refractivity contribution is 5.84. The molecule has 0 aromatic carbocycles. The summed E-state index contributed by atoms with van der Waals surface area (Å²) in [6.45, 7) is 2.26. The highest BCUT2D eigenvalue weighted by atomic mass is 16.4. The van der Waals surface area contributed by atoms with E-state index in [-0.39, 0.29) is 5.76 Å². The summed E-state index contributed by atoms with van der Waals surface area (Å²) >= 11 is 0. The first-order chi connectivity index (χ1) is 12.6. The van der Waals surface area contributed by atoms with Gasteiger partial charge in [0.25, 0.3) is 0 Å². The number of aromatic carboxylic acids is 1. The van der Waals surface area contributed by atoms with E-state index in [1.165, 1.54) is 89.0 Å². The highest BCUT2D eigenvalue weighted by Crippen LogP contribution is 2.12. The first kappa shape index (κ1) is 24.2. The molecule has 150 valence electrons. The third kappa shape index (κ3) is 17.1. The molecule has 0 aliphatic heterocycles. The Morgan fingerprint density at radius 2 is 1.27 bits per heavy atom. The second-order valence-electron chi connectivity index (χ2n) is 6.67. The molecule has 0 aliphatic rings. The largest absolute Gasteiger partial charge is 0.481 e. The van der Waals surface area contributed by atoms with Crippen LogP contribution in [0.15, 0.2) is 22.8 Å². The third-order valence-electron chi connectivity index (χ3n) is 4.23. The Morgan fingerprint density at radius 3 is 1.58 bits per heavy atom. The van der Waals surface area contributed by atoms with E-state index in [1.54, 1.807) is 0 Å². The molecule has 1 heterocycles. The molecule has 2 N–H and O–H groups in total. The van der Waals surface area contributed by atoms with Gasteiger partial charge >= 0.3 is 11.9 Å². The van der Waals surface area contributed by atoms with Crippen LogP contribution < -0.4 is 0 Å². The molecule has 0 atom stereocenters. The summed E-state index contributed by atoms with van der Waals surface area (Å²) in [6, 6.07) is 2.92. The Balaban J connectivity index is 0.000000642. The Morgan fingerprint density at radius 1 is 0.808 bits per heavy atom. The first-order valence-electron chi connectivity index (χ1n) is 10.1. The van der Waals surface area contributed by atoms with Crippen molar-refractivity contribution < 1.29 is 24.2 Å². The molecule has 0 aliphatic carbocycles. The van der Waals surface area contributed by atoms with Crippen molar-refractivity contribution in [3.63, 3.8) is 0 Å². The van der Waals surface area contributed by atoms with Crippen molar-refractivity contribution in [2.45, 2.75) is 96.8 Å². The summed E-state index contributed by atoms with van der Waals surface area (Å²) < 4.78 is 4.50. The lowest BCUT2D eigenvalue weighted by Crippen LogP contribution is -1.93. The average molecular weight is 369 g/mol. The summed E-state index contributed by atoms with van der Waals surface area (Å²) in [5, 5.41) is 16.7. The summed E-state index contributed by atoms with van der Waals surface area (Å²) in [4.78, 5) is 20.3. The fourth-order valence-corrected chi connectivity index (χ4v) is 2.69. The molecule has 26 heavy (non-hydrogen) atoms. The molecule has 1 rings (SSSR count). The van der Waals surface area contributed by atoms with Gasteiger partial charge in [-0.3, -0.25) is 4.79 Å². The Hall–Kier alpha value is -1.78. The van der Waals surface area contributed by atoms with Crippen LogP contribution in [0.25, 0.3) is 0 Å². The molecule has 0 amide bonds. The van der Waals surface area contributed by atoms with Gasteiger partial charge in [0.2, 0.25) is 5.76 Å². The number of carbonyl (C=O) groups is 2. The highest BCUT2D eigenvalue weighted by Gasteiger charge is 2.01. The zero-order valence-electron chi connectivity index (χ0n) is 16.3. The number of carboxylic acid groups (broad SMARTS) is 2. The number of hydrogen-bond acceptors (Lipinski definition) is 3. The molecule has 0 radical (unpaired) electrons. The summed E-state index contributed by atoms with van der Waals surface area (Å²) in [5.74, 6) is -1.71. The molecule has 0 fully saturated rings. The number of aliphatic carboxylic acids is 1. The van der Waals surface area contributed by atoms with Crippen molar-refractivity contribution in [3.05, 3.63) is 24.2 Å². The lowest BCUT2D eigenvalue weighted by molar-refractivity contribution is -0.137. The normalized spacial score (nSPS) is 10.2. The molecular weight excluding hydrogens is 332 g/mol. The fraction of sp³-hybridized carbons (Fsp3) is 0.714. The van der Waals surface area contributed by atoms with Gasteiger partial charge in [0, 0.05) is 6.42 Å². The van der Waals surface area contributed by atoms with Crippen LogP contribution in [0.1, 0.15) is 107 Å². The molecule has 0 saturated carbocycles. The number of unbranched alkanes of at least 4 members (excludes halogenated alkanes) is 12. The van der Waals surface area contributed by atoms with Crippen molar-refractivity contribution in [3.8, 4) is 0 Å². The van der Waals surface area contributed by atoms with Crippen molar-refractivity contribution in [1.82, 2.24) is 0 Å². The Bertz CT molecular complexity index is 439. The standard InChI is InChI=1S/C16H32O2.C5H4O3/c1-2-3-4-5-6-7-8-9-10-11-12-13-14-15-16(17)18;6-5(7)4-2-1-3-8-4/h2-15H2,1H3,(H,17,18);1-3H,(H,6,7). The predicted octanol–water partition coefficient (Wildman–Crippen LogP) is 6.53. The van der Waals surface area contributed by atoms with Crippen LogP contribution in [0.4, 0.5) is 0 Å². The molecule has 0 spiro atoms. The van der Waals surface area contributed by atoms with Crippen LogP contribution in [0.2, 0.25) is 0 Å². The third-order valence-corrected chi connectivity index (χ3v) is 4.23. The molecule has 0 saturated heterocycles. The van der Waals surface area contributed by atoms with Crippen molar-refractivity contribution in [2.24, 2.45) is 0 Å². The van der Waals surface area contributed by atoms with E-state index in [4.69, 9.17) is 10.2 Å². The van der Waals surface area contributed by atoms with E-state index in [0.29, 0.717) is 6.42 Å². The van der Waals surface area contributed by atoms with Gasteiger partial charge in [0.1, 0.15) is 0 Å². The van der Waals surface area contributed by atoms with E-state index in [0.717, 1.165) is 12.8 Å². The van der Waals surface area contributed by atoms with Gasteiger partial charge in [-0.05, 0) is 18.6 Å². The molecule has 0 bridgehead atoms. The van der Waals surface area contributed by atoms with E-state index in [1.807, 2.05) is 0 Å². The maximum absolute atomic E-state index is 10.3. The van der Waals surface area contributed by atoms with Gasteiger partial charge in [-0.2, -0.15) is 0 Å². The zero-order chi connectivity index (χ0) is 19.5. The Kier molecular flexibility index (Phi) is 16.8. The van der Waals surface area contributed by atoms with Crippen LogP contribution in [0.3, 0.4) is 0 Å². The zero-order valence-corrected chi connectivity index (χ0v) is 16.3. The minimum absolute atomic E-state index is 0.0231. The molecule has 5 nitrogen and oxygen atoms in total. The quantitative estimate of drug-likeness (QED) is 0.344. The fourth-order valence-electron chi connectivity index (χ4n) is 2.69. The van der Waals surface area contributed by atoms with E-state index in [9.17, 15) is 9.59 Å². The molecule has 0 unspecified atom stereocenters. The number of furan rings is 1. The van der Waals surface area contributed by atoms with Crippen molar-refractivity contribution in [2.75, 3.05) is 0 Å². The van der Waals surface area contributed by atoms with Crippen LogP contribution >= 0.6 is 0 Å². The van der Waals surface area contributed by atoms with E-state index < -0.39 is 11.9 Å². The van der Waals surface area contributed by atoms with E-state index >= 15 is 0 Å². The maximum Gasteiger partial charge on any atom is 0.371 e. The van der Waals surface area contributed by atoms with Crippen LogP contribution in [0.5, 0.6) is 0 Å². The predicted molar refractivity (Wildman–Crippen MR) is 104 cm³/mol. The van der Waals surface area contributed by atoms with Gasteiger partial charge in [0.05, 0.1) is 6.26 Å². The SMILES string of the molecule is CCCCCCCCCCCCCCCC(=O)O.O=C(O)c1ccco1. The van der Waals surface area contributed by atoms with Crippen LogP contribution in [-0.4, -0.2) is 22.2 Å². The number of carboxylic acids is 2. The Labute approximate surface area is 157 Å². The molecule has 1 aromatic heterocycles. The number of hydrogen-bond donors (Lipinski definition) is 2. The second kappa shape index (κ2) is 18.0. The van der Waals surface area contributed by atoms with Crippen LogP contribution in [-0.2, 0) is 4.79 Å². The first-order valence-corrected chi connectivity index (χ1v) is 10.1. The topological polar surface area (TPSA) is 87.7 Å². The summed E-state index contributed by atoms with van der Waals surface area (Å²) in [7, 11) is 0. The minimum atomic E-state index is -1.03. The summed E-state index contributed by atoms with van der Waals surface area (Å²) in [5.41, 5.74) is 0. The molecule has 1 aromatic rings. The monoisotopic (exact) mass is 368 g/mol. The molecule has 5 heteroatoms. The average Bonchev–Trinajstić information content (AvgIpc) is 3.14. The van der Waals surface area contributed by atoms with E-state index in [2.05, 4.69) is 11.3 Å². The van der Waals surface area contributed by atoms with Gasteiger partial charge in [-0.1, -0.05) is 84.0 Å². The smallest absolute Gasteiger partial charge is 0.371 e. The van der Waals surface area contributed by atoms with Gasteiger partial charge in [-0.25, -0.2) is 4.79 Å². The maximum atomic E-state index is 10.3. The van der Waals surface area contributed by atoms with Gasteiger partial charge < -0.3 is 14.6 Å².